The predicted molar refractivity (Wildman–Crippen MR) is 307 cm³/mol. The fourth-order valence-corrected chi connectivity index (χ4v) is 9.61. The van der Waals surface area contributed by atoms with Crippen LogP contribution in [0.3, 0.4) is 0 Å². The van der Waals surface area contributed by atoms with Crippen LogP contribution in [-0.2, 0) is 28.6 Å². The van der Waals surface area contributed by atoms with Crippen LogP contribution in [0.1, 0.15) is 355 Å². The number of carbonyl (C=O) groups excluding carboxylic acids is 3. The van der Waals surface area contributed by atoms with Crippen molar-refractivity contribution in [1.82, 2.24) is 0 Å². The summed E-state index contributed by atoms with van der Waals surface area (Å²) in [4.78, 5) is 38.3. The van der Waals surface area contributed by atoms with Crippen LogP contribution in [-0.4, -0.2) is 37.2 Å². The van der Waals surface area contributed by atoms with Crippen molar-refractivity contribution in [3.8, 4) is 0 Å². The molecule has 0 aromatic heterocycles. The Morgan fingerprint density at radius 3 is 0.718 bits per heavy atom. The van der Waals surface area contributed by atoms with E-state index >= 15 is 0 Å². The highest BCUT2D eigenvalue weighted by molar-refractivity contribution is 5.71. The molecular formula is C65H122O6. The van der Waals surface area contributed by atoms with Gasteiger partial charge in [-0.05, 0) is 70.6 Å². The van der Waals surface area contributed by atoms with Gasteiger partial charge in [-0.25, -0.2) is 0 Å². The van der Waals surface area contributed by atoms with Gasteiger partial charge in [-0.2, -0.15) is 0 Å². The van der Waals surface area contributed by atoms with E-state index in [1.165, 1.54) is 257 Å². The van der Waals surface area contributed by atoms with Gasteiger partial charge in [0.2, 0.25) is 0 Å². The molecule has 0 aliphatic heterocycles. The van der Waals surface area contributed by atoms with Gasteiger partial charge >= 0.3 is 17.9 Å². The molecule has 0 radical (unpaired) electrons. The molecule has 0 aliphatic carbocycles. The summed E-state index contributed by atoms with van der Waals surface area (Å²) >= 11 is 0. The number of esters is 3. The number of ether oxygens (including phenoxy) is 3. The van der Waals surface area contributed by atoms with E-state index in [0.29, 0.717) is 19.3 Å². The normalized spacial score (nSPS) is 12.1. The van der Waals surface area contributed by atoms with Crippen molar-refractivity contribution in [1.29, 1.82) is 0 Å². The minimum absolute atomic E-state index is 0.0679. The monoisotopic (exact) mass is 999 g/mol. The van der Waals surface area contributed by atoms with E-state index in [1.807, 2.05) is 0 Å². The highest BCUT2D eigenvalue weighted by Gasteiger charge is 2.19. The van der Waals surface area contributed by atoms with Crippen LogP contribution in [0.15, 0.2) is 24.3 Å². The maximum absolute atomic E-state index is 12.9. The predicted octanol–water partition coefficient (Wildman–Crippen LogP) is 21.4. The molecule has 1 atom stereocenters. The molecule has 6 heteroatoms. The summed E-state index contributed by atoms with van der Waals surface area (Å²) < 4.78 is 16.9. The molecular weight excluding hydrogens is 877 g/mol. The van der Waals surface area contributed by atoms with Gasteiger partial charge in [-0.3, -0.25) is 14.4 Å². The second-order valence-electron chi connectivity index (χ2n) is 21.7. The molecule has 0 aromatic carbocycles. The third-order valence-corrected chi connectivity index (χ3v) is 14.4. The lowest BCUT2D eigenvalue weighted by Gasteiger charge is -2.18. The van der Waals surface area contributed by atoms with Crippen molar-refractivity contribution in [2.24, 2.45) is 0 Å². The molecule has 6 nitrogen and oxygen atoms in total. The van der Waals surface area contributed by atoms with Crippen LogP contribution in [0.4, 0.5) is 0 Å². The summed E-state index contributed by atoms with van der Waals surface area (Å²) in [6.45, 7) is 6.69. The standard InChI is InChI=1S/C65H122O6/c1-4-7-10-13-16-19-22-25-28-30-31-32-33-35-37-40-43-46-49-52-55-58-64(67)70-61-62(60-69-63(66)57-54-51-48-45-42-39-36-27-24-21-18-15-12-9-6-3)71-65(68)59-56-53-50-47-44-41-38-34-29-26-23-20-17-14-11-8-5-2/h21,24-25,28,62H,4-20,22-23,26-27,29-61H2,1-3H3/b24-21-,28-25-/t62-/m0/s1. The van der Waals surface area contributed by atoms with E-state index < -0.39 is 6.10 Å². The van der Waals surface area contributed by atoms with E-state index in [-0.39, 0.29) is 31.1 Å². The van der Waals surface area contributed by atoms with Gasteiger partial charge in [0.1, 0.15) is 13.2 Å². The molecule has 0 heterocycles. The van der Waals surface area contributed by atoms with Crippen LogP contribution in [0, 0.1) is 0 Å². The van der Waals surface area contributed by atoms with Crippen molar-refractivity contribution < 1.29 is 28.6 Å². The minimum Gasteiger partial charge on any atom is -0.462 e. The summed E-state index contributed by atoms with van der Waals surface area (Å²) in [5.74, 6) is -0.847. The van der Waals surface area contributed by atoms with Gasteiger partial charge in [-0.15, -0.1) is 0 Å². The molecule has 0 amide bonds. The third kappa shape index (κ3) is 58.7. The van der Waals surface area contributed by atoms with Crippen molar-refractivity contribution in [3.63, 3.8) is 0 Å². The smallest absolute Gasteiger partial charge is 0.306 e. The zero-order valence-electron chi connectivity index (χ0n) is 48.0. The third-order valence-electron chi connectivity index (χ3n) is 14.4. The van der Waals surface area contributed by atoms with E-state index in [9.17, 15) is 14.4 Å². The van der Waals surface area contributed by atoms with Gasteiger partial charge in [-0.1, -0.05) is 289 Å². The molecule has 0 bridgehead atoms. The Morgan fingerprint density at radius 2 is 0.465 bits per heavy atom. The van der Waals surface area contributed by atoms with Crippen LogP contribution >= 0.6 is 0 Å². The summed E-state index contributed by atoms with van der Waals surface area (Å²) in [5, 5.41) is 0. The summed E-state index contributed by atoms with van der Waals surface area (Å²) in [6.07, 6.45) is 71.8. The number of carbonyl (C=O) groups is 3. The van der Waals surface area contributed by atoms with Gasteiger partial charge in [0.15, 0.2) is 6.10 Å². The van der Waals surface area contributed by atoms with Gasteiger partial charge in [0, 0.05) is 19.3 Å². The molecule has 0 N–H and O–H groups in total. The second kappa shape index (κ2) is 60.4. The Morgan fingerprint density at radius 1 is 0.268 bits per heavy atom. The number of allylic oxidation sites excluding steroid dienone is 4. The number of unbranched alkanes of at least 4 members (excludes halogenated alkanes) is 44. The molecule has 0 unspecified atom stereocenters. The van der Waals surface area contributed by atoms with Crippen LogP contribution in [0.5, 0.6) is 0 Å². The Kier molecular flexibility index (Phi) is 58.6. The molecule has 0 rings (SSSR count). The lowest BCUT2D eigenvalue weighted by molar-refractivity contribution is -0.167. The maximum atomic E-state index is 12.9. The number of rotatable bonds is 59. The van der Waals surface area contributed by atoms with E-state index in [0.717, 1.165) is 57.8 Å². The van der Waals surface area contributed by atoms with Gasteiger partial charge in [0.05, 0.1) is 0 Å². The lowest BCUT2D eigenvalue weighted by Crippen LogP contribution is -2.30. The minimum atomic E-state index is -0.770. The Bertz CT molecular complexity index is 1150. The Balaban J connectivity index is 4.30. The molecule has 0 saturated carbocycles. The largest absolute Gasteiger partial charge is 0.462 e. The number of hydrogen-bond acceptors (Lipinski definition) is 6. The van der Waals surface area contributed by atoms with Crippen molar-refractivity contribution >= 4 is 17.9 Å². The molecule has 0 aliphatic rings. The molecule has 418 valence electrons. The second-order valence-corrected chi connectivity index (χ2v) is 21.7. The molecule has 0 saturated heterocycles. The van der Waals surface area contributed by atoms with Crippen molar-refractivity contribution in [3.05, 3.63) is 24.3 Å². The summed E-state index contributed by atoms with van der Waals surface area (Å²) in [5.41, 5.74) is 0. The summed E-state index contributed by atoms with van der Waals surface area (Å²) in [6, 6.07) is 0. The SMILES string of the molecule is CCCCCC/C=C\CCCCCCCCCC(=O)OC[C@@H](COC(=O)CCCCCCCCCCCCC/C=C\CCCCCCCC)OC(=O)CCCCCCCCCCCCCCCCCCC. The molecule has 0 fully saturated rings. The topological polar surface area (TPSA) is 78.9 Å². The van der Waals surface area contributed by atoms with Crippen molar-refractivity contribution in [2.45, 2.75) is 361 Å². The van der Waals surface area contributed by atoms with E-state index in [1.54, 1.807) is 0 Å². The molecule has 71 heavy (non-hydrogen) atoms. The zero-order valence-corrected chi connectivity index (χ0v) is 48.0. The fourth-order valence-electron chi connectivity index (χ4n) is 9.61. The van der Waals surface area contributed by atoms with Gasteiger partial charge < -0.3 is 14.2 Å². The highest BCUT2D eigenvalue weighted by atomic mass is 16.6. The zero-order chi connectivity index (χ0) is 51.4. The average molecular weight is 1000 g/mol. The van der Waals surface area contributed by atoms with Crippen LogP contribution in [0.2, 0.25) is 0 Å². The van der Waals surface area contributed by atoms with Crippen LogP contribution < -0.4 is 0 Å². The molecule has 0 aromatic rings. The van der Waals surface area contributed by atoms with E-state index in [2.05, 4.69) is 45.1 Å². The quantitative estimate of drug-likeness (QED) is 0.0261. The molecule has 0 spiro atoms. The van der Waals surface area contributed by atoms with Crippen molar-refractivity contribution in [2.75, 3.05) is 13.2 Å². The fraction of sp³-hybridized carbons (Fsp3) is 0.892. The first-order valence-electron chi connectivity index (χ1n) is 31.8. The first-order valence-corrected chi connectivity index (χ1v) is 31.8. The summed E-state index contributed by atoms with van der Waals surface area (Å²) in [7, 11) is 0. The van der Waals surface area contributed by atoms with E-state index in [4.69, 9.17) is 14.2 Å². The maximum Gasteiger partial charge on any atom is 0.306 e. The van der Waals surface area contributed by atoms with Crippen LogP contribution in [0.25, 0.3) is 0 Å². The number of hydrogen-bond donors (Lipinski definition) is 0. The first-order chi connectivity index (χ1) is 35.0. The highest BCUT2D eigenvalue weighted by Crippen LogP contribution is 2.17. The average Bonchev–Trinajstić information content (AvgIpc) is 3.37. The Labute approximate surface area is 443 Å². The first kappa shape index (κ1) is 68.9. The lowest BCUT2D eigenvalue weighted by atomic mass is 10.0. The Hall–Kier alpha value is -2.11. The van der Waals surface area contributed by atoms with Gasteiger partial charge in [0.25, 0.3) is 0 Å².